The number of carbonyl (C=O) groups is 1. The molecule has 0 amide bonds. The summed E-state index contributed by atoms with van der Waals surface area (Å²) in [4.78, 5) is 11.3. The second-order valence-electron chi connectivity index (χ2n) is 3.72. The van der Waals surface area contributed by atoms with Gasteiger partial charge in [0.05, 0.1) is 12.2 Å². The van der Waals surface area contributed by atoms with Gasteiger partial charge in [0.25, 0.3) is 0 Å². The highest BCUT2D eigenvalue weighted by Gasteiger charge is 2.20. The smallest absolute Gasteiger partial charge is 0.338 e. The van der Waals surface area contributed by atoms with Gasteiger partial charge in [-0.2, -0.15) is 0 Å². The summed E-state index contributed by atoms with van der Waals surface area (Å²) in [5.41, 5.74) is 1.68. The fourth-order valence-electron chi connectivity index (χ4n) is 1.38. The number of esters is 1. The van der Waals surface area contributed by atoms with Gasteiger partial charge in [0.1, 0.15) is 0 Å². The van der Waals surface area contributed by atoms with Crippen LogP contribution >= 0.6 is 0 Å². The van der Waals surface area contributed by atoms with Crippen LogP contribution in [-0.4, -0.2) is 18.6 Å². The molecular formula is C12H15NO2. The van der Waals surface area contributed by atoms with E-state index in [-0.39, 0.29) is 5.97 Å². The lowest BCUT2D eigenvalue weighted by Gasteiger charge is -2.05. The molecule has 0 bridgehead atoms. The van der Waals surface area contributed by atoms with Gasteiger partial charge in [0, 0.05) is 11.7 Å². The second-order valence-corrected chi connectivity index (χ2v) is 3.72. The van der Waals surface area contributed by atoms with Gasteiger partial charge in [0.2, 0.25) is 0 Å². The molecule has 1 aliphatic carbocycles. The Morgan fingerprint density at radius 2 is 2.07 bits per heavy atom. The highest BCUT2D eigenvalue weighted by atomic mass is 16.5. The van der Waals surface area contributed by atoms with Crippen LogP contribution in [0.1, 0.15) is 30.1 Å². The lowest BCUT2D eigenvalue weighted by molar-refractivity contribution is 0.0526. The van der Waals surface area contributed by atoms with Crippen molar-refractivity contribution in [3.8, 4) is 0 Å². The minimum atomic E-state index is -0.254. The van der Waals surface area contributed by atoms with Crippen molar-refractivity contribution in [3.05, 3.63) is 29.8 Å². The van der Waals surface area contributed by atoms with Crippen molar-refractivity contribution in [3.63, 3.8) is 0 Å². The van der Waals surface area contributed by atoms with Crippen LogP contribution in [0, 0.1) is 0 Å². The molecule has 1 aromatic carbocycles. The van der Waals surface area contributed by atoms with E-state index in [1.807, 2.05) is 12.1 Å². The monoisotopic (exact) mass is 205 g/mol. The third-order valence-corrected chi connectivity index (χ3v) is 2.34. The van der Waals surface area contributed by atoms with E-state index < -0.39 is 0 Å². The zero-order valence-electron chi connectivity index (χ0n) is 8.82. The summed E-state index contributed by atoms with van der Waals surface area (Å²) < 4.78 is 4.90. The molecule has 0 radical (unpaired) electrons. The normalized spacial score (nSPS) is 14.7. The molecule has 3 nitrogen and oxygen atoms in total. The Labute approximate surface area is 89.4 Å². The standard InChI is InChI=1S/C12H15NO2/c1-2-15-12(14)9-3-5-10(6-4-9)13-11-7-8-11/h3-6,11,13H,2,7-8H2,1H3. The van der Waals surface area contributed by atoms with E-state index in [0.29, 0.717) is 18.2 Å². The van der Waals surface area contributed by atoms with Crippen molar-refractivity contribution >= 4 is 11.7 Å². The molecule has 1 aliphatic rings. The van der Waals surface area contributed by atoms with E-state index in [1.165, 1.54) is 12.8 Å². The molecule has 1 N–H and O–H groups in total. The van der Waals surface area contributed by atoms with E-state index in [1.54, 1.807) is 19.1 Å². The Hall–Kier alpha value is -1.51. The minimum absolute atomic E-state index is 0.254. The molecular weight excluding hydrogens is 190 g/mol. The number of carbonyl (C=O) groups excluding carboxylic acids is 1. The maximum Gasteiger partial charge on any atom is 0.338 e. The topological polar surface area (TPSA) is 38.3 Å². The van der Waals surface area contributed by atoms with Crippen LogP contribution in [0.2, 0.25) is 0 Å². The van der Waals surface area contributed by atoms with Crippen LogP contribution in [0.5, 0.6) is 0 Å². The number of hydrogen-bond acceptors (Lipinski definition) is 3. The average molecular weight is 205 g/mol. The summed E-state index contributed by atoms with van der Waals surface area (Å²) >= 11 is 0. The number of hydrogen-bond donors (Lipinski definition) is 1. The van der Waals surface area contributed by atoms with Gasteiger partial charge in [-0.25, -0.2) is 4.79 Å². The van der Waals surface area contributed by atoms with Crippen LogP contribution < -0.4 is 5.32 Å². The van der Waals surface area contributed by atoms with E-state index >= 15 is 0 Å². The summed E-state index contributed by atoms with van der Waals surface area (Å²) in [6.45, 7) is 2.22. The Balaban J connectivity index is 1.99. The van der Waals surface area contributed by atoms with Crippen LogP contribution in [-0.2, 0) is 4.74 Å². The molecule has 3 heteroatoms. The molecule has 1 aromatic rings. The van der Waals surface area contributed by atoms with Gasteiger partial charge in [-0.05, 0) is 44.0 Å². The number of benzene rings is 1. The lowest BCUT2D eigenvalue weighted by Crippen LogP contribution is -2.05. The zero-order valence-corrected chi connectivity index (χ0v) is 8.82. The highest BCUT2D eigenvalue weighted by Crippen LogP contribution is 2.24. The Bertz CT molecular complexity index is 341. The van der Waals surface area contributed by atoms with Gasteiger partial charge in [-0.1, -0.05) is 0 Å². The molecule has 2 rings (SSSR count). The molecule has 1 saturated carbocycles. The SMILES string of the molecule is CCOC(=O)c1ccc(NC2CC2)cc1. The molecule has 0 heterocycles. The molecule has 1 fully saturated rings. The quantitative estimate of drug-likeness (QED) is 0.767. The number of ether oxygens (including phenoxy) is 1. The molecule has 0 aliphatic heterocycles. The summed E-state index contributed by atoms with van der Waals surface area (Å²) in [5, 5.41) is 3.36. The second kappa shape index (κ2) is 4.34. The molecule has 0 atom stereocenters. The largest absolute Gasteiger partial charge is 0.462 e. The fraction of sp³-hybridized carbons (Fsp3) is 0.417. The predicted octanol–water partition coefficient (Wildman–Crippen LogP) is 2.44. The van der Waals surface area contributed by atoms with Crippen molar-refractivity contribution in [2.24, 2.45) is 0 Å². The number of nitrogens with one attached hydrogen (secondary N) is 1. The van der Waals surface area contributed by atoms with Gasteiger partial charge in [-0.3, -0.25) is 0 Å². The van der Waals surface area contributed by atoms with Crippen LogP contribution in [0.3, 0.4) is 0 Å². The highest BCUT2D eigenvalue weighted by molar-refractivity contribution is 5.89. The van der Waals surface area contributed by atoms with Gasteiger partial charge < -0.3 is 10.1 Å². The molecule has 0 aromatic heterocycles. The Morgan fingerprint density at radius 1 is 1.40 bits per heavy atom. The van der Waals surface area contributed by atoms with Gasteiger partial charge in [0.15, 0.2) is 0 Å². The number of anilines is 1. The molecule has 0 unspecified atom stereocenters. The maximum absolute atomic E-state index is 11.3. The lowest BCUT2D eigenvalue weighted by atomic mass is 10.2. The molecule has 80 valence electrons. The van der Waals surface area contributed by atoms with E-state index in [0.717, 1.165) is 5.69 Å². The van der Waals surface area contributed by atoms with Crippen LogP contribution in [0.25, 0.3) is 0 Å². The zero-order chi connectivity index (χ0) is 10.7. The Morgan fingerprint density at radius 3 is 2.60 bits per heavy atom. The van der Waals surface area contributed by atoms with E-state index in [9.17, 15) is 4.79 Å². The Kier molecular flexibility index (Phi) is 2.90. The summed E-state index contributed by atoms with van der Waals surface area (Å²) in [6.07, 6.45) is 2.50. The number of rotatable bonds is 4. The van der Waals surface area contributed by atoms with Gasteiger partial charge >= 0.3 is 5.97 Å². The van der Waals surface area contributed by atoms with E-state index in [4.69, 9.17) is 4.74 Å². The molecule has 0 spiro atoms. The van der Waals surface area contributed by atoms with Crippen LogP contribution in [0.15, 0.2) is 24.3 Å². The first-order valence-corrected chi connectivity index (χ1v) is 5.33. The first-order valence-electron chi connectivity index (χ1n) is 5.33. The summed E-state index contributed by atoms with van der Waals surface area (Å²) in [5.74, 6) is -0.254. The summed E-state index contributed by atoms with van der Waals surface area (Å²) in [7, 11) is 0. The minimum Gasteiger partial charge on any atom is -0.462 e. The van der Waals surface area contributed by atoms with Crippen molar-refractivity contribution < 1.29 is 9.53 Å². The van der Waals surface area contributed by atoms with Crippen molar-refractivity contribution in [2.75, 3.05) is 11.9 Å². The predicted molar refractivity (Wildman–Crippen MR) is 59.0 cm³/mol. The third kappa shape index (κ3) is 2.72. The fourth-order valence-corrected chi connectivity index (χ4v) is 1.38. The first kappa shape index (κ1) is 10.0. The maximum atomic E-state index is 11.3. The van der Waals surface area contributed by atoms with Gasteiger partial charge in [-0.15, -0.1) is 0 Å². The van der Waals surface area contributed by atoms with Crippen molar-refractivity contribution in [2.45, 2.75) is 25.8 Å². The van der Waals surface area contributed by atoms with E-state index in [2.05, 4.69) is 5.32 Å². The van der Waals surface area contributed by atoms with Crippen molar-refractivity contribution in [1.29, 1.82) is 0 Å². The molecule has 15 heavy (non-hydrogen) atoms. The average Bonchev–Trinajstić information content (AvgIpc) is 3.03. The van der Waals surface area contributed by atoms with Crippen LogP contribution in [0.4, 0.5) is 5.69 Å². The summed E-state index contributed by atoms with van der Waals surface area (Å²) in [6, 6.07) is 8.07. The van der Waals surface area contributed by atoms with Crippen molar-refractivity contribution in [1.82, 2.24) is 0 Å². The molecule has 0 saturated heterocycles. The third-order valence-electron chi connectivity index (χ3n) is 2.34. The first-order chi connectivity index (χ1) is 7.29.